The molecule has 1 N–H and O–H groups in total. The summed E-state index contributed by atoms with van der Waals surface area (Å²) in [6, 6.07) is 5.81. The van der Waals surface area contributed by atoms with Crippen LogP contribution in [-0.2, 0) is 13.1 Å². The van der Waals surface area contributed by atoms with E-state index in [1.165, 1.54) is 0 Å². The van der Waals surface area contributed by atoms with Gasteiger partial charge in [0.2, 0.25) is 0 Å². The van der Waals surface area contributed by atoms with Crippen LogP contribution in [0.15, 0.2) is 24.4 Å². The lowest BCUT2D eigenvalue weighted by molar-refractivity contribution is 0.396. The summed E-state index contributed by atoms with van der Waals surface area (Å²) in [4.78, 5) is 4.47. The number of aromatic nitrogens is 2. The molecule has 19 heavy (non-hydrogen) atoms. The monoisotopic (exact) mass is 259 g/mol. The van der Waals surface area contributed by atoms with E-state index < -0.39 is 0 Å². The summed E-state index contributed by atoms with van der Waals surface area (Å²) >= 11 is 0. The van der Waals surface area contributed by atoms with Crippen LogP contribution in [0, 0.1) is 0 Å². The summed E-state index contributed by atoms with van der Waals surface area (Å²) in [6.07, 6.45) is 1.89. The third kappa shape index (κ3) is 1.96. The fraction of sp³-hybridized carbons (Fsp3) is 0.357. The first-order chi connectivity index (χ1) is 9.35. The zero-order valence-electron chi connectivity index (χ0n) is 11.1. The fourth-order valence-corrected chi connectivity index (χ4v) is 2.50. The van der Waals surface area contributed by atoms with Crippen molar-refractivity contribution in [3.05, 3.63) is 30.2 Å². The summed E-state index contributed by atoms with van der Waals surface area (Å²) in [5.74, 6) is 2.66. The number of imidazole rings is 1. The number of benzene rings is 1. The van der Waals surface area contributed by atoms with Crippen molar-refractivity contribution >= 4 is 0 Å². The molecule has 0 aliphatic carbocycles. The average molecular weight is 259 g/mol. The average Bonchev–Trinajstić information content (AvgIpc) is 2.90. The van der Waals surface area contributed by atoms with E-state index in [-0.39, 0.29) is 0 Å². The molecule has 0 unspecified atom stereocenters. The van der Waals surface area contributed by atoms with Gasteiger partial charge in [0.25, 0.3) is 0 Å². The second kappa shape index (κ2) is 4.93. The van der Waals surface area contributed by atoms with Crippen molar-refractivity contribution in [1.29, 1.82) is 0 Å². The first-order valence-electron chi connectivity index (χ1n) is 6.31. The van der Waals surface area contributed by atoms with Crippen LogP contribution in [0.2, 0.25) is 0 Å². The van der Waals surface area contributed by atoms with E-state index in [4.69, 9.17) is 9.47 Å². The lowest BCUT2D eigenvalue weighted by atomic mass is 10.1. The van der Waals surface area contributed by atoms with Gasteiger partial charge in [-0.05, 0) is 12.1 Å². The van der Waals surface area contributed by atoms with E-state index in [9.17, 15) is 0 Å². The van der Waals surface area contributed by atoms with Gasteiger partial charge >= 0.3 is 0 Å². The van der Waals surface area contributed by atoms with Crippen LogP contribution in [-0.4, -0.2) is 30.3 Å². The Labute approximate surface area is 112 Å². The molecule has 1 aliphatic rings. The van der Waals surface area contributed by atoms with Crippen LogP contribution in [0.3, 0.4) is 0 Å². The number of fused-ring (bicyclic) bond motifs is 1. The number of nitrogens with one attached hydrogen (secondary N) is 1. The van der Waals surface area contributed by atoms with Crippen molar-refractivity contribution in [1.82, 2.24) is 14.9 Å². The van der Waals surface area contributed by atoms with E-state index in [0.29, 0.717) is 0 Å². The molecule has 0 radical (unpaired) electrons. The third-order valence-corrected chi connectivity index (χ3v) is 3.42. The van der Waals surface area contributed by atoms with Gasteiger partial charge < -0.3 is 19.4 Å². The zero-order valence-corrected chi connectivity index (χ0v) is 11.1. The molecule has 1 aromatic carbocycles. The highest BCUT2D eigenvalue weighted by Gasteiger charge is 2.20. The van der Waals surface area contributed by atoms with Gasteiger partial charge in [0.15, 0.2) is 0 Å². The van der Waals surface area contributed by atoms with Crippen LogP contribution in [0.5, 0.6) is 11.5 Å². The predicted octanol–water partition coefficient (Wildman–Crippen LogP) is 1.67. The molecule has 5 heteroatoms. The van der Waals surface area contributed by atoms with E-state index >= 15 is 0 Å². The van der Waals surface area contributed by atoms with Gasteiger partial charge in [0.05, 0.1) is 38.2 Å². The van der Waals surface area contributed by atoms with Gasteiger partial charge in [0, 0.05) is 13.1 Å². The van der Waals surface area contributed by atoms with Crippen LogP contribution in [0.25, 0.3) is 11.3 Å². The molecule has 0 saturated heterocycles. The van der Waals surface area contributed by atoms with Crippen LogP contribution in [0.1, 0.15) is 5.82 Å². The normalized spacial score (nSPS) is 14.0. The molecule has 3 rings (SSSR count). The lowest BCUT2D eigenvalue weighted by Crippen LogP contribution is -2.28. The van der Waals surface area contributed by atoms with E-state index in [2.05, 4.69) is 14.9 Å². The summed E-state index contributed by atoms with van der Waals surface area (Å²) < 4.78 is 13.2. The molecule has 0 fully saturated rings. The van der Waals surface area contributed by atoms with E-state index in [1.54, 1.807) is 14.2 Å². The molecule has 2 aromatic rings. The minimum Gasteiger partial charge on any atom is -0.496 e. The first-order valence-corrected chi connectivity index (χ1v) is 6.31. The van der Waals surface area contributed by atoms with Crippen LogP contribution < -0.4 is 14.8 Å². The predicted molar refractivity (Wildman–Crippen MR) is 72.5 cm³/mol. The Bertz CT molecular complexity index is 570. The molecular formula is C14H17N3O2. The number of ether oxygens (including phenoxy) is 2. The number of nitrogens with zero attached hydrogens (tertiary/aromatic N) is 2. The molecular weight excluding hydrogens is 242 g/mol. The summed E-state index contributed by atoms with van der Waals surface area (Å²) in [6.45, 7) is 2.66. The van der Waals surface area contributed by atoms with Crippen molar-refractivity contribution in [3.8, 4) is 22.8 Å². The van der Waals surface area contributed by atoms with Gasteiger partial charge in [-0.1, -0.05) is 6.07 Å². The number of hydrogen-bond donors (Lipinski definition) is 1. The highest BCUT2D eigenvalue weighted by molar-refractivity contribution is 5.74. The Morgan fingerprint density at radius 3 is 2.63 bits per heavy atom. The quantitative estimate of drug-likeness (QED) is 0.911. The summed E-state index contributed by atoms with van der Waals surface area (Å²) in [5.41, 5.74) is 2.01. The maximum Gasteiger partial charge on any atom is 0.131 e. The Hall–Kier alpha value is -2.01. The molecule has 1 aliphatic heterocycles. The number of methoxy groups -OCH3 is 2. The molecule has 2 heterocycles. The van der Waals surface area contributed by atoms with Gasteiger partial charge in [-0.15, -0.1) is 0 Å². The van der Waals surface area contributed by atoms with Gasteiger partial charge in [0.1, 0.15) is 17.3 Å². The zero-order chi connectivity index (χ0) is 13.2. The molecule has 5 nitrogen and oxygen atoms in total. The maximum absolute atomic E-state index is 5.47. The number of rotatable bonds is 3. The first kappa shape index (κ1) is 12.0. The van der Waals surface area contributed by atoms with E-state index in [0.717, 1.165) is 48.2 Å². The molecule has 0 bridgehead atoms. The Morgan fingerprint density at radius 1 is 1.21 bits per heavy atom. The third-order valence-electron chi connectivity index (χ3n) is 3.42. The van der Waals surface area contributed by atoms with Crippen molar-refractivity contribution in [2.24, 2.45) is 0 Å². The van der Waals surface area contributed by atoms with Gasteiger partial charge in [-0.25, -0.2) is 4.98 Å². The van der Waals surface area contributed by atoms with Gasteiger partial charge in [-0.2, -0.15) is 0 Å². The minimum atomic E-state index is 0.803. The minimum absolute atomic E-state index is 0.803. The van der Waals surface area contributed by atoms with Crippen molar-refractivity contribution in [2.75, 3.05) is 20.8 Å². The molecule has 0 amide bonds. The highest BCUT2D eigenvalue weighted by Crippen LogP contribution is 2.38. The lowest BCUT2D eigenvalue weighted by Gasteiger charge is -2.19. The molecule has 1 aromatic heterocycles. The van der Waals surface area contributed by atoms with Crippen LogP contribution >= 0.6 is 0 Å². The van der Waals surface area contributed by atoms with Crippen molar-refractivity contribution < 1.29 is 9.47 Å². The van der Waals surface area contributed by atoms with E-state index in [1.807, 2.05) is 24.4 Å². The second-order valence-electron chi connectivity index (χ2n) is 4.43. The van der Waals surface area contributed by atoms with Crippen molar-refractivity contribution in [2.45, 2.75) is 13.1 Å². The topological polar surface area (TPSA) is 48.3 Å². The molecule has 100 valence electrons. The SMILES string of the molecule is COc1cccc(OC)c1-c1cnc2n1CCNC2. The largest absolute Gasteiger partial charge is 0.496 e. The Balaban J connectivity index is 2.18. The standard InChI is InChI=1S/C14H17N3O2/c1-18-11-4-3-5-12(19-2)14(11)10-8-16-13-9-15-6-7-17(10)13/h3-5,8,15H,6-7,9H2,1-2H3. The fourth-order valence-electron chi connectivity index (χ4n) is 2.50. The maximum atomic E-state index is 5.47. The van der Waals surface area contributed by atoms with Crippen LogP contribution in [0.4, 0.5) is 0 Å². The second-order valence-corrected chi connectivity index (χ2v) is 4.43. The van der Waals surface area contributed by atoms with Gasteiger partial charge in [-0.3, -0.25) is 0 Å². The van der Waals surface area contributed by atoms with Crippen molar-refractivity contribution in [3.63, 3.8) is 0 Å². The molecule has 0 saturated carbocycles. The summed E-state index contributed by atoms with van der Waals surface area (Å²) in [7, 11) is 3.35. The molecule has 0 atom stereocenters. The number of hydrogen-bond acceptors (Lipinski definition) is 4. The summed E-state index contributed by atoms with van der Waals surface area (Å²) in [5, 5.41) is 3.32. The smallest absolute Gasteiger partial charge is 0.131 e. The molecule has 0 spiro atoms. The highest BCUT2D eigenvalue weighted by atomic mass is 16.5. The Morgan fingerprint density at radius 2 is 1.95 bits per heavy atom. The Kier molecular flexibility index (Phi) is 3.13.